The van der Waals surface area contributed by atoms with Gasteiger partial charge in [0.15, 0.2) is 0 Å². The molecule has 7 rings (SSSR count). The topological polar surface area (TPSA) is 168 Å². The van der Waals surface area contributed by atoms with Gasteiger partial charge >= 0.3 is 0 Å². The van der Waals surface area contributed by atoms with Crippen LogP contribution in [0.4, 0.5) is 5.69 Å². The lowest BCUT2D eigenvalue weighted by Gasteiger charge is -2.62. The number of anilines is 1. The van der Waals surface area contributed by atoms with Gasteiger partial charge in [-0.3, -0.25) is 14.4 Å². The minimum atomic E-state index is -0.915. The summed E-state index contributed by atoms with van der Waals surface area (Å²) in [5.41, 5.74) is 3.63. The molecule has 5 aliphatic rings. The Morgan fingerprint density at radius 1 is 1.14 bits per heavy atom. The summed E-state index contributed by atoms with van der Waals surface area (Å²) < 4.78 is 6.10. The molecular weight excluding hydrogens is 725 g/mol. The zero-order valence-corrected chi connectivity index (χ0v) is 35.1. The van der Waals surface area contributed by atoms with Crippen molar-refractivity contribution in [2.24, 2.45) is 29.1 Å². The molecular formula is C44H68N6O7. The van der Waals surface area contributed by atoms with Gasteiger partial charge in [-0.25, -0.2) is 0 Å². The monoisotopic (exact) mass is 793 g/mol. The normalized spacial score (nSPS) is 29.3. The van der Waals surface area contributed by atoms with Crippen molar-refractivity contribution >= 4 is 17.5 Å². The lowest BCUT2D eigenvalue weighted by molar-refractivity contribution is -0.183. The molecule has 13 heteroatoms. The van der Waals surface area contributed by atoms with Crippen LogP contribution in [-0.2, 0) is 16.2 Å². The van der Waals surface area contributed by atoms with E-state index in [2.05, 4.69) is 46.9 Å². The van der Waals surface area contributed by atoms with E-state index in [1.165, 1.54) is 19.3 Å². The average Bonchev–Trinajstić information content (AvgIpc) is 3.56. The van der Waals surface area contributed by atoms with Crippen LogP contribution in [0.3, 0.4) is 0 Å². The Morgan fingerprint density at radius 2 is 1.93 bits per heavy atom. The van der Waals surface area contributed by atoms with Gasteiger partial charge in [0, 0.05) is 59.5 Å². The molecule has 2 aliphatic heterocycles. The molecule has 0 spiro atoms. The number of fused-ring (bicyclic) bond motifs is 2. The van der Waals surface area contributed by atoms with Gasteiger partial charge in [0.1, 0.15) is 17.9 Å². The molecule has 2 heterocycles. The smallest absolute Gasteiger partial charge is 0.251 e. The summed E-state index contributed by atoms with van der Waals surface area (Å²) in [5.74, 6) is 0.916. The van der Waals surface area contributed by atoms with Crippen LogP contribution in [0.25, 0.3) is 11.1 Å². The van der Waals surface area contributed by atoms with Crippen LogP contribution in [0.1, 0.15) is 82.1 Å². The first kappa shape index (κ1) is 43.3. The number of para-hydroxylation sites is 1. The van der Waals surface area contributed by atoms with E-state index >= 15 is 0 Å². The predicted molar refractivity (Wildman–Crippen MR) is 222 cm³/mol. The van der Waals surface area contributed by atoms with E-state index in [4.69, 9.17) is 9.57 Å². The van der Waals surface area contributed by atoms with E-state index in [1.807, 2.05) is 44.4 Å². The molecule has 0 aromatic heterocycles. The van der Waals surface area contributed by atoms with E-state index in [-0.39, 0.29) is 49.1 Å². The van der Waals surface area contributed by atoms with Crippen molar-refractivity contribution in [2.75, 3.05) is 59.4 Å². The van der Waals surface area contributed by atoms with E-state index in [0.29, 0.717) is 53.9 Å². The maximum absolute atomic E-state index is 14.3. The highest BCUT2D eigenvalue weighted by Crippen LogP contribution is 2.61. The fourth-order valence-electron chi connectivity index (χ4n) is 10.4. The first-order chi connectivity index (χ1) is 27.2. The second-order valence-corrected chi connectivity index (χ2v) is 18.0. The molecule has 2 aromatic rings. The molecule has 316 valence electrons. The third-order valence-electron chi connectivity index (χ3n) is 13.5. The molecule has 7 N–H and O–H groups in total. The number of methoxy groups -OCH3 is 1. The van der Waals surface area contributed by atoms with Gasteiger partial charge in [-0.05, 0) is 107 Å². The molecule has 10 atom stereocenters. The van der Waals surface area contributed by atoms with Gasteiger partial charge < -0.3 is 46.2 Å². The van der Waals surface area contributed by atoms with Crippen molar-refractivity contribution in [1.82, 2.24) is 25.9 Å². The summed E-state index contributed by atoms with van der Waals surface area (Å²) in [6.07, 6.45) is 4.71. The molecule has 1 unspecified atom stereocenters. The number of rotatable bonds is 17. The van der Waals surface area contributed by atoms with Crippen molar-refractivity contribution in [3.05, 3.63) is 47.5 Å². The number of carbonyl (C=O) groups excluding carboxylic acids is 2. The standard InChI is InChI=1S/C44H68N6O7/c1-26-36-20-31(44(36,3)4)21-37(26)48-43(55)40-39(27(2)53)38(25-52)57-50(40)23-28-11-10-13-35(41(28)56-7)29-17-30(19-33(18-29)46-15-16-51)42(54)47-34(24-49(5)6)22-32-12-8-9-14-45-32/h10-11,13,17-19,26-27,31-32,34,36-40,45-46,51-53H,8-9,12,14-16,20-25H2,1-7H3,(H,47,54)(H,48,55)/t26-,27-,31+,32?,34-,36-,37-,38-,39+,40-/m0/s1. The highest BCUT2D eigenvalue weighted by atomic mass is 16.7. The Morgan fingerprint density at radius 3 is 2.56 bits per heavy atom. The summed E-state index contributed by atoms with van der Waals surface area (Å²) in [4.78, 5) is 36.7. The fraction of sp³-hybridized carbons (Fsp3) is 0.682. The Kier molecular flexibility index (Phi) is 14.2. The number of benzene rings is 2. The third-order valence-corrected chi connectivity index (χ3v) is 13.5. The minimum absolute atomic E-state index is 0.0250. The zero-order valence-electron chi connectivity index (χ0n) is 35.1. The molecule has 0 radical (unpaired) electrons. The molecule has 2 aromatic carbocycles. The summed E-state index contributed by atoms with van der Waals surface area (Å²) >= 11 is 0. The Hall–Kier alpha value is -3.30. The van der Waals surface area contributed by atoms with E-state index in [1.54, 1.807) is 25.2 Å². The van der Waals surface area contributed by atoms with Crippen LogP contribution >= 0.6 is 0 Å². The number of aliphatic hydroxyl groups is 3. The lowest BCUT2D eigenvalue weighted by Crippen LogP contribution is -2.62. The molecule has 2 bridgehead atoms. The van der Waals surface area contributed by atoms with E-state index in [0.717, 1.165) is 42.5 Å². The number of piperidine rings is 1. The molecule has 5 fully saturated rings. The average molecular weight is 793 g/mol. The van der Waals surface area contributed by atoms with E-state index in [9.17, 15) is 24.9 Å². The first-order valence-corrected chi connectivity index (χ1v) is 21.1. The van der Waals surface area contributed by atoms with Gasteiger partial charge in [0.2, 0.25) is 5.91 Å². The fourth-order valence-corrected chi connectivity index (χ4v) is 10.4. The quantitative estimate of drug-likeness (QED) is 0.125. The summed E-state index contributed by atoms with van der Waals surface area (Å²) in [6.45, 7) is 10.3. The third kappa shape index (κ3) is 9.61. The molecule has 3 saturated carbocycles. The summed E-state index contributed by atoms with van der Waals surface area (Å²) in [5, 5.41) is 46.1. The SMILES string of the molecule is COc1c(CN2O[C@@H](CO)[C@@H]([C@H](C)O)[C@H]2C(=O)N[C@H]2C[C@H]3C[C@@H]([C@@H]2C)C3(C)C)cccc1-c1cc(NCCO)cc(C(=O)N[C@@H](CC2CCCCN2)CN(C)C)c1. The Bertz CT molecular complexity index is 1680. The number of ether oxygens (including phenoxy) is 1. The van der Waals surface area contributed by atoms with Gasteiger partial charge in [-0.15, -0.1) is 0 Å². The van der Waals surface area contributed by atoms with Crippen LogP contribution in [0, 0.1) is 29.1 Å². The summed E-state index contributed by atoms with van der Waals surface area (Å²) in [6, 6.07) is 10.8. The molecule has 3 aliphatic carbocycles. The largest absolute Gasteiger partial charge is 0.496 e. The number of nitrogens with zero attached hydrogens (tertiary/aromatic N) is 2. The van der Waals surface area contributed by atoms with Crippen molar-refractivity contribution in [3.63, 3.8) is 0 Å². The van der Waals surface area contributed by atoms with Crippen molar-refractivity contribution < 1.29 is 34.5 Å². The number of aliphatic hydroxyl groups excluding tert-OH is 3. The van der Waals surface area contributed by atoms with Gasteiger partial charge in [0.05, 0.1) is 33.0 Å². The van der Waals surface area contributed by atoms with Crippen LogP contribution in [0.2, 0.25) is 0 Å². The second kappa shape index (κ2) is 18.7. The first-order valence-electron chi connectivity index (χ1n) is 21.1. The number of carbonyl (C=O) groups is 2. The van der Waals surface area contributed by atoms with Crippen LogP contribution < -0.4 is 26.0 Å². The van der Waals surface area contributed by atoms with Crippen LogP contribution in [0.5, 0.6) is 5.75 Å². The van der Waals surface area contributed by atoms with Gasteiger partial charge in [0.25, 0.3) is 5.91 Å². The highest BCUT2D eigenvalue weighted by molar-refractivity contribution is 5.97. The zero-order chi connectivity index (χ0) is 41.0. The molecule has 2 saturated heterocycles. The Balaban J connectivity index is 1.27. The number of nitrogens with one attached hydrogen (secondary N) is 4. The van der Waals surface area contributed by atoms with Crippen LogP contribution in [0.15, 0.2) is 36.4 Å². The summed E-state index contributed by atoms with van der Waals surface area (Å²) in [7, 11) is 5.62. The number of hydroxylamine groups is 2. The van der Waals surface area contributed by atoms with E-state index < -0.39 is 24.2 Å². The maximum atomic E-state index is 14.3. The van der Waals surface area contributed by atoms with Crippen molar-refractivity contribution in [1.29, 1.82) is 0 Å². The van der Waals surface area contributed by atoms with Gasteiger partial charge in [-0.2, -0.15) is 5.06 Å². The number of amides is 2. The predicted octanol–water partition coefficient (Wildman–Crippen LogP) is 3.62. The maximum Gasteiger partial charge on any atom is 0.251 e. The number of hydrogen-bond donors (Lipinski definition) is 7. The van der Waals surface area contributed by atoms with Crippen molar-refractivity contribution in [3.8, 4) is 16.9 Å². The minimum Gasteiger partial charge on any atom is -0.496 e. The molecule has 13 nitrogen and oxygen atoms in total. The van der Waals surface area contributed by atoms with Gasteiger partial charge in [-0.1, -0.05) is 45.4 Å². The molecule has 2 amide bonds. The second-order valence-electron chi connectivity index (χ2n) is 18.0. The lowest BCUT2D eigenvalue weighted by atomic mass is 9.45. The molecule has 57 heavy (non-hydrogen) atoms. The van der Waals surface area contributed by atoms with Crippen LogP contribution in [-0.4, -0.2) is 128 Å². The number of hydrogen-bond acceptors (Lipinski definition) is 11. The van der Waals surface area contributed by atoms with Crippen molar-refractivity contribution in [2.45, 2.75) is 109 Å². The highest BCUT2D eigenvalue weighted by Gasteiger charge is 2.57. The Labute approximate surface area is 339 Å². The number of likely N-dealkylation sites (N-methyl/N-ethyl adjacent to an activating group) is 1.